The van der Waals surface area contributed by atoms with Crippen LogP contribution in [0.2, 0.25) is 5.02 Å². The minimum Gasteiger partial charge on any atom is -0.495 e. The number of sulfonamides is 1. The number of hydrogen-bond donors (Lipinski definition) is 1. The molecule has 0 bridgehead atoms. The van der Waals surface area contributed by atoms with Crippen molar-refractivity contribution in [1.82, 2.24) is 10.2 Å². The lowest BCUT2D eigenvalue weighted by molar-refractivity contribution is -0.139. The van der Waals surface area contributed by atoms with Crippen molar-refractivity contribution in [2.75, 3.05) is 24.2 Å². The first-order chi connectivity index (χ1) is 15.8. The van der Waals surface area contributed by atoms with Gasteiger partial charge in [-0.05, 0) is 56.7 Å². The van der Waals surface area contributed by atoms with Gasteiger partial charge in [0, 0.05) is 22.1 Å². The fourth-order valence-corrected chi connectivity index (χ4v) is 4.50. The Morgan fingerprint density at radius 3 is 2.26 bits per heavy atom. The molecule has 2 aromatic carbocycles. The van der Waals surface area contributed by atoms with Gasteiger partial charge in [-0.15, -0.1) is 0 Å². The Balaban J connectivity index is 2.45. The van der Waals surface area contributed by atoms with E-state index in [1.807, 2.05) is 38.1 Å². The first-order valence-corrected chi connectivity index (χ1v) is 13.5. The Morgan fingerprint density at radius 2 is 1.74 bits per heavy atom. The second-order valence-electron chi connectivity index (χ2n) is 8.07. The predicted octanol–water partition coefficient (Wildman–Crippen LogP) is 3.82. The van der Waals surface area contributed by atoms with Crippen LogP contribution in [-0.4, -0.2) is 57.1 Å². The van der Waals surface area contributed by atoms with Gasteiger partial charge in [-0.3, -0.25) is 13.9 Å². The number of rotatable bonds is 10. The number of carbonyl (C=O) groups excluding carboxylic acids is 2. The zero-order valence-electron chi connectivity index (χ0n) is 19.7. The first kappa shape index (κ1) is 27.9. The van der Waals surface area contributed by atoms with Gasteiger partial charge in [0.05, 0.1) is 19.1 Å². The molecule has 0 aliphatic heterocycles. The van der Waals surface area contributed by atoms with E-state index in [-0.39, 0.29) is 35.0 Å². The summed E-state index contributed by atoms with van der Waals surface area (Å²) in [5.41, 5.74) is 0.917. The SMILES string of the molecule is COc1ccc(Cl)cc1N(CC(=O)N(Cc1ccc(Br)cc1)[C@@H](C)C(=O)NC(C)C)S(C)(=O)=O. The topological polar surface area (TPSA) is 96.0 Å². The number of hydrogen-bond acceptors (Lipinski definition) is 5. The molecule has 0 spiro atoms. The Labute approximate surface area is 214 Å². The molecule has 34 heavy (non-hydrogen) atoms. The van der Waals surface area contributed by atoms with Gasteiger partial charge in [-0.1, -0.05) is 39.7 Å². The van der Waals surface area contributed by atoms with Gasteiger partial charge in [-0.2, -0.15) is 0 Å². The highest BCUT2D eigenvalue weighted by molar-refractivity contribution is 9.10. The normalized spacial score (nSPS) is 12.2. The lowest BCUT2D eigenvalue weighted by Crippen LogP contribution is -2.52. The number of carbonyl (C=O) groups is 2. The van der Waals surface area contributed by atoms with Crippen molar-refractivity contribution in [2.24, 2.45) is 0 Å². The van der Waals surface area contributed by atoms with Crippen LogP contribution in [-0.2, 0) is 26.2 Å². The van der Waals surface area contributed by atoms with Gasteiger partial charge < -0.3 is 15.0 Å². The van der Waals surface area contributed by atoms with Crippen LogP contribution in [0.25, 0.3) is 0 Å². The summed E-state index contributed by atoms with van der Waals surface area (Å²) in [7, 11) is -2.50. The first-order valence-electron chi connectivity index (χ1n) is 10.5. The molecule has 0 saturated heterocycles. The number of methoxy groups -OCH3 is 1. The smallest absolute Gasteiger partial charge is 0.244 e. The van der Waals surface area contributed by atoms with Gasteiger partial charge in [-0.25, -0.2) is 8.42 Å². The lowest BCUT2D eigenvalue weighted by Gasteiger charge is -2.32. The quantitative estimate of drug-likeness (QED) is 0.466. The molecule has 11 heteroatoms. The van der Waals surface area contributed by atoms with E-state index >= 15 is 0 Å². The van der Waals surface area contributed by atoms with Crippen molar-refractivity contribution in [1.29, 1.82) is 0 Å². The summed E-state index contributed by atoms with van der Waals surface area (Å²) in [6.45, 7) is 4.83. The van der Waals surface area contributed by atoms with Crippen LogP contribution < -0.4 is 14.4 Å². The van der Waals surface area contributed by atoms with Crippen molar-refractivity contribution in [3.63, 3.8) is 0 Å². The molecule has 0 radical (unpaired) electrons. The molecule has 2 aromatic rings. The summed E-state index contributed by atoms with van der Waals surface area (Å²) in [5, 5.41) is 3.09. The second-order valence-corrected chi connectivity index (χ2v) is 11.3. The van der Waals surface area contributed by atoms with Crippen LogP contribution in [0.3, 0.4) is 0 Å². The summed E-state index contributed by atoms with van der Waals surface area (Å²) in [6.07, 6.45) is 0.995. The number of nitrogens with zero attached hydrogens (tertiary/aromatic N) is 2. The Kier molecular flexibility index (Phi) is 9.78. The molecule has 0 aliphatic carbocycles. The molecule has 0 unspecified atom stereocenters. The van der Waals surface area contributed by atoms with Crippen molar-refractivity contribution >= 4 is 55.1 Å². The molecule has 2 amide bonds. The average Bonchev–Trinajstić information content (AvgIpc) is 2.75. The Bertz CT molecular complexity index is 1130. The molecular formula is C23H29BrClN3O5S. The molecule has 0 aromatic heterocycles. The molecule has 2 rings (SSSR count). The number of ether oxygens (including phenoxy) is 1. The summed E-state index contributed by atoms with van der Waals surface area (Å²) in [4.78, 5) is 27.6. The van der Waals surface area contributed by atoms with E-state index in [2.05, 4.69) is 21.2 Å². The lowest BCUT2D eigenvalue weighted by atomic mass is 10.1. The zero-order chi connectivity index (χ0) is 25.6. The van der Waals surface area contributed by atoms with Crippen molar-refractivity contribution in [3.8, 4) is 5.75 Å². The summed E-state index contributed by atoms with van der Waals surface area (Å²) in [5.74, 6) is -0.652. The Morgan fingerprint density at radius 1 is 1.12 bits per heavy atom. The van der Waals surface area contributed by atoms with E-state index in [1.165, 1.54) is 24.1 Å². The molecule has 186 valence electrons. The van der Waals surface area contributed by atoms with Crippen LogP contribution in [0.5, 0.6) is 5.75 Å². The van der Waals surface area contributed by atoms with Crippen LogP contribution in [0.4, 0.5) is 5.69 Å². The molecule has 1 N–H and O–H groups in total. The minimum atomic E-state index is -3.90. The number of anilines is 1. The highest BCUT2D eigenvalue weighted by Crippen LogP contribution is 2.33. The van der Waals surface area contributed by atoms with E-state index in [0.29, 0.717) is 0 Å². The van der Waals surface area contributed by atoms with E-state index in [4.69, 9.17) is 16.3 Å². The zero-order valence-corrected chi connectivity index (χ0v) is 22.9. The Hall–Kier alpha value is -2.30. The fourth-order valence-electron chi connectivity index (χ4n) is 3.23. The van der Waals surface area contributed by atoms with Crippen molar-refractivity contribution < 1.29 is 22.7 Å². The molecule has 0 aliphatic rings. The van der Waals surface area contributed by atoms with E-state index in [9.17, 15) is 18.0 Å². The van der Waals surface area contributed by atoms with Gasteiger partial charge in [0.15, 0.2) is 0 Å². The molecule has 1 atom stereocenters. The van der Waals surface area contributed by atoms with E-state index in [0.717, 1.165) is 20.6 Å². The molecule has 0 saturated carbocycles. The van der Waals surface area contributed by atoms with Crippen LogP contribution >= 0.6 is 27.5 Å². The number of nitrogens with one attached hydrogen (secondary N) is 1. The summed E-state index contributed by atoms with van der Waals surface area (Å²) < 4.78 is 32.5. The molecular weight excluding hydrogens is 546 g/mol. The van der Waals surface area contributed by atoms with Crippen LogP contribution in [0.15, 0.2) is 46.9 Å². The maximum atomic E-state index is 13.5. The highest BCUT2D eigenvalue weighted by atomic mass is 79.9. The minimum absolute atomic E-state index is 0.114. The number of amides is 2. The van der Waals surface area contributed by atoms with Crippen molar-refractivity contribution in [3.05, 3.63) is 57.5 Å². The molecule has 8 nitrogen and oxygen atoms in total. The summed E-state index contributed by atoms with van der Waals surface area (Å²) >= 11 is 9.48. The fraction of sp³-hybridized carbons (Fsp3) is 0.391. The predicted molar refractivity (Wildman–Crippen MR) is 138 cm³/mol. The number of halogens is 2. The second kappa shape index (κ2) is 11.9. The third-order valence-corrected chi connectivity index (χ3v) is 6.84. The summed E-state index contributed by atoms with van der Waals surface area (Å²) in [6, 6.07) is 10.8. The maximum Gasteiger partial charge on any atom is 0.244 e. The van der Waals surface area contributed by atoms with Gasteiger partial charge in [0.2, 0.25) is 21.8 Å². The highest BCUT2D eigenvalue weighted by Gasteiger charge is 2.31. The maximum absolute atomic E-state index is 13.5. The third-order valence-electron chi connectivity index (χ3n) is 4.95. The monoisotopic (exact) mass is 573 g/mol. The van der Waals surface area contributed by atoms with Crippen molar-refractivity contribution in [2.45, 2.75) is 39.4 Å². The number of benzene rings is 2. The third kappa shape index (κ3) is 7.61. The molecule has 0 fully saturated rings. The standard InChI is InChI=1S/C23H29BrClN3O5S/c1-15(2)26-23(30)16(3)27(13-17-6-8-18(24)9-7-17)22(29)14-28(34(5,31)32)20-12-19(25)10-11-21(20)33-4/h6-12,15-16H,13-14H2,1-5H3,(H,26,30)/t16-/m0/s1. The van der Waals surface area contributed by atoms with Crippen LogP contribution in [0, 0.1) is 0 Å². The van der Waals surface area contributed by atoms with Crippen LogP contribution in [0.1, 0.15) is 26.3 Å². The average molecular weight is 575 g/mol. The van der Waals surface area contributed by atoms with E-state index < -0.39 is 28.5 Å². The van der Waals surface area contributed by atoms with Gasteiger partial charge in [0.1, 0.15) is 18.3 Å². The van der Waals surface area contributed by atoms with E-state index in [1.54, 1.807) is 13.0 Å². The van der Waals surface area contributed by atoms with Gasteiger partial charge in [0.25, 0.3) is 0 Å². The molecule has 0 heterocycles. The van der Waals surface area contributed by atoms with Gasteiger partial charge >= 0.3 is 0 Å². The largest absolute Gasteiger partial charge is 0.495 e.